The third-order valence-electron chi connectivity index (χ3n) is 3.66. The first-order chi connectivity index (χ1) is 10.6. The van der Waals surface area contributed by atoms with Crippen LogP contribution >= 0.6 is 0 Å². The van der Waals surface area contributed by atoms with Crippen molar-refractivity contribution in [3.8, 4) is 17.0 Å². The maximum atomic E-state index is 12.7. The quantitative estimate of drug-likeness (QED) is 0.891. The van der Waals surface area contributed by atoms with E-state index < -0.39 is 0 Å². The number of nitrogens with zero attached hydrogens (tertiary/aromatic N) is 1. The molecule has 0 radical (unpaired) electrons. The maximum absolute atomic E-state index is 12.7. The topological polar surface area (TPSA) is 43.3 Å². The molecule has 0 fully saturated rings. The summed E-state index contributed by atoms with van der Waals surface area (Å²) in [6, 6.07) is 11.8. The van der Waals surface area contributed by atoms with Gasteiger partial charge in [0.25, 0.3) is 5.56 Å². The Morgan fingerprint density at radius 1 is 1.14 bits per heavy atom. The summed E-state index contributed by atoms with van der Waals surface area (Å²) in [7, 11) is 1.65. The molecule has 1 aromatic carbocycles. The van der Waals surface area contributed by atoms with Crippen LogP contribution in [0.4, 0.5) is 0 Å². The minimum Gasteiger partial charge on any atom is -0.497 e. The molecular weight excluding hydrogens is 276 g/mol. The lowest BCUT2D eigenvalue weighted by Crippen LogP contribution is -2.29. The zero-order valence-electron chi connectivity index (χ0n) is 13.7. The van der Waals surface area contributed by atoms with Gasteiger partial charge in [0.05, 0.1) is 12.8 Å². The number of aromatic nitrogens is 1. The van der Waals surface area contributed by atoms with Crippen molar-refractivity contribution in [2.24, 2.45) is 0 Å². The molecule has 118 valence electrons. The van der Waals surface area contributed by atoms with Crippen molar-refractivity contribution in [1.29, 1.82) is 0 Å². The van der Waals surface area contributed by atoms with Gasteiger partial charge in [-0.3, -0.25) is 4.79 Å². The summed E-state index contributed by atoms with van der Waals surface area (Å²) in [6.07, 6.45) is 0. The van der Waals surface area contributed by atoms with Gasteiger partial charge in [-0.05, 0) is 56.3 Å². The van der Waals surface area contributed by atoms with Crippen molar-refractivity contribution < 1.29 is 4.74 Å². The highest BCUT2D eigenvalue weighted by atomic mass is 16.5. The fraction of sp³-hybridized carbons (Fsp3) is 0.389. The van der Waals surface area contributed by atoms with Crippen molar-refractivity contribution in [2.45, 2.75) is 33.4 Å². The van der Waals surface area contributed by atoms with Gasteiger partial charge >= 0.3 is 0 Å². The van der Waals surface area contributed by atoms with Gasteiger partial charge in [-0.15, -0.1) is 0 Å². The van der Waals surface area contributed by atoms with Crippen LogP contribution in [0.25, 0.3) is 11.3 Å². The van der Waals surface area contributed by atoms with Crippen molar-refractivity contribution >= 4 is 0 Å². The number of hydrogen-bond acceptors (Lipinski definition) is 3. The van der Waals surface area contributed by atoms with Crippen molar-refractivity contribution in [1.82, 2.24) is 9.88 Å². The van der Waals surface area contributed by atoms with E-state index in [0.717, 1.165) is 29.1 Å². The van der Waals surface area contributed by atoms with Gasteiger partial charge in [0.15, 0.2) is 0 Å². The minimum absolute atomic E-state index is 0.0734. The Labute approximate surface area is 131 Å². The molecule has 0 aliphatic carbocycles. The fourth-order valence-corrected chi connectivity index (χ4v) is 2.50. The number of hydrogen-bond donors (Lipinski definition) is 1. The van der Waals surface area contributed by atoms with Gasteiger partial charge in [0, 0.05) is 18.2 Å². The van der Waals surface area contributed by atoms with Gasteiger partial charge in [-0.2, -0.15) is 0 Å². The summed E-state index contributed by atoms with van der Waals surface area (Å²) in [6.45, 7) is 7.55. The Kier molecular flexibility index (Phi) is 5.39. The standard InChI is InChI=1S/C18H24N2O2/c1-5-19-12-15-8-11-17(20(13(2)3)18(15)21)14-6-9-16(22-4)10-7-14/h6-11,13,19H,5,12H2,1-4H3. The lowest BCUT2D eigenvalue weighted by Gasteiger charge is -2.18. The average Bonchev–Trinajstić information content (AvgIpc) is 2.53. The molecule has 1 N–H and O–H groups in total. The molecule has 0 saturated carbocycles. The van der Waals surface area contributed by atoms with E-state index in [1.165, 1.54) is 0 Å². The van der Waals surface area contributed by atoms with Crippen LogP contribution in [0.15, 0.2) is 41.2 Å². The highest BCUT2D eigenvalue weighted by molar-refractivity contribution is 5.61. The SMILES string of the molecule is CCNCc1ccc(-c2ccc(OC)cc2)n(C(C)C)c1=O. The second-order valence-corrected chi connectivity index (χ2v) is 5.52. The Bertz CT molecular complexity index is 672. The highest BCUT2D eigenvalue weighted by Gasteiger charge is 2.12. The molecule has 2 aromatic rings. The van der Waals surface area contributed by atoms with Crippen LogP contribution in [0.1, 0.15) is 32.4 Å². The molecule has 1 heterocycles. The van der Waals surface area contributed by atoms with E-state index in [9.17, 15) is 4.79 Å². The molecule has 0 atom stereocenters. The number of methoxy groups -OCH3 is 1. The molecule has 2 rings (SSSR count). The van der Waals surface area contributed by atoms with Gasteiger partial charge in [-0.1, -0.05) is 13.0 Å². The van der Waals surface area contributed by atoms with E-state index >= 15 is 0 Å². The largest absolute Gasteiger partial charge is 0.497 e. The van der Waals surface area contributed by atoms with Crippen molar-refractivity contribution in [2.75, 3.05) is 13.7 Å². The van der Waals surface area contributed by atoms with E-state index in [2.05, 4.69) is 5.32 Å². The normalized spacial score (nSPS) is 11.0. The molecule has 0 aliphatic rings. The number of ether oxygens (including phenoxy) is 1. The number of pyridine rings is 1. The number of nitrogens with one attached hydrogen (secondary N) is 1. The summed E-state index contributed by atoms with van der Waals surface area (Å²) < 4.78 is 7.05. The van der Waals surface area contributed by atoms with E-state index in [4.69, 9.17) is 4.74 Å². The summed E-state index contributed by atoms with van der Waals surface area (Å²) in [4.78, 5) is 12.7. The first-order valence-corrected chi connectivity index (χ1v) is 7.68. The molecule has 0 unspecified atom stereocenters. The second kappa shape index (κ2) is 7.27. The molecule has 0 aliphatic heterocycles. The number of rotatable bonds is 6. The van der Waals surface area contributed by atoms with Crippen LogP contribution in [0, 0.1) is 0 Å². The average molecular weight is 300 g/mol. The number of benzene rings is 1. The van der Waals surface area contributed by atoms with E-state index in [1.807, 2.05) is 61.7 Å². The first kappa shape index (κ1) is 16.3. The molecule has 0 spiro atoms. The van der Waals surface area contributed by atoms with Crippen LogP contribution < -0.4 is 15.6 Å². The molecule has 4 heteroatoms. The predicted octanol–water partition coefficient (Wildman–Crippen LogP) is 3.21. The van der Waals surface area contributed by atoms with Crippen LogP contribution in [0.5, 0.6) is 5.75 Å². The zero-order valence-corrected chi connectivity index (χ0v) is 13.7. The molecule has 22 heavy (non-hydrogen) atoms. The van der Waals surface area contributed by atoms with Crippen LogP contribution in [-0.4, -0.2) is 18.2 Å². The molecule has 0 amide bonds. The first-order valence-electron chi connectivity index (χ1n) is 7.68. The van der Waals surface area contributed by atoms with Gasteiger partial charge in [-0.25, -0.2) is 0 Å². The maximum Gasteiger partial charge on any atom is 0.255 e. The highest BCUT2D eigenvalue weighted by Crippen LogP contribution is 2.23. The van der Waals surface area contributed by atoms with Gasteiger partial charge in [0.1, 0.15) is 5.75 Å². The Morgan fingerprint density at radius 3 is 2.36 bits per heavy atom. The predicted molar refractivity (Wildman–Crippen MR) is 90.5 cm³/mol. The molecule has 4 nitrogen and oxygen atoms in total. The molecule has 0 bridgehead atoms. The van der Waals surface area contributed by atoms with Crippen LogP contribution in [0.2, 0.25) is 0 Å². The molecule has 0 saturated heterocycles. The Morgan fingerprint density at radius 2 is 1.82 bits per heavy atom. The summed E-state index contributed by atoms with van der Waals surface area (Å²) in [5.41, 5.74) is 2.82. The summed E-state index contributed by atoms with van der Waals surface area (Å²) in [5, 5.41) is 3.22. The molecular formula is C18H24N2O2. The van der Waals surface area contributed by atoms with E-state index in [0.29, 0.717) is 6.54 Å². The second-order valence-electron chi connectivity index (χ2n) is 5.52. The summed E-state index contributed by atoms with van der Waals surface area (Å²) >= 11 is 0. The monoisotopic (exact) mass is 300 g/mol. The zero-order chi connectivity index (χ0) is 16.1. The lowest BCUT2D eigenvalue weighted by atomic mass is 10.1. The van der Waals surface area contributed by atoms with Crippen molar-refractivity contribution in [3.63, 3.8) is 0 Å². The Hall–Kier alpha value is -2.07. The third kappa shape index (κ3) is 3.39. The third-order valence-corrected chi connectivity index (χ3v) is 3.66. The minimum atomic E-state index is 0.0734. The van der Waals surface area contributed by atoms with Crippen molar-refractivity contribution in [3.05, 3.63) is 52.3 Å². The fourth-order valence-electron chi connectivity index (χ4n) is 2.50. The lowest BCUT2D eigenvalue weighted by molar-refractivity contribution is 0.415. The summed E-state index contributed by atoms with van der Waals surface area (Å²) in [5.74, 6) is 0.811. The van der Waals surface area contributed by atoms with Crippen LogP contribution in [0.3, 0.4) is 0 Å². The van der Waals surface area contributed by atoms with Gasteiger partial charge in [0.2, 0.25) is 0 Å². The van der Waals surface area contributed by atoms with E-state index in [-0.39, 0.29) is 11.6 Å². The Balaban J connectivity index is 2.50. The van der Waals surface area contributed by atoms with E-state index in [1.54, 1.807) is 7.11 Å². The smallest absolute Gasteiger partial charge is 0.255 e. The molecule has 1 aromatic heterocycles. The van der Waals surface area contributed by atoms with Gasteiger partial charge < -0.3 is 14.6 Å². The van der Waals surface area contributed by atoms with Crippen LogP contribution in [-0.2, 0) is 6.54 Å².